The lowest BCUT2D eigenvalue weighted by Crippen LogP contribution is -2.61. The minimum absolute atomic E-state index is 0.198. The Balaban J connectivity index is 1.71. The van der Waals surface area contributed by atoms with Crippen LogP contribution in [0.1, 0.15) is 13.8 Å². The van der Waals surface area contributed by atoms with Gasteiger partial charge in [0, 0.05) is 34.1 Å². The fourth-order valence-electron chi connectivity index (χ4n) is 5.44. The molecule has 0 aliphatic carbocycles. The standard InChI is InChI=1S/C30H25BN2/c1-3-13-22(4-2)32-26-18-10-8-16-24(26)31-25-17-9-11-19-27(25)33(23-14-6-5-7-15-23)29-21-12-20-28(32)30(29)31/h3-21H,1-2H3/b13-3-,22-4+. The highest BCUT2D eigenvalue weighted by Crippen LogP contribution is 2.42. The molecule has 0 bridgehead atoms. The zero-order valence-electron chi connectivity index (χ0n) is 18.9. The third kappa shape index (κ3) is 2.89. The summed E-state index contributed by atoms with van der Waals surface area (Å²) in [5, 5.41) is 0. The van der Waals surface area contributed by atoms with E-state index in [-0.39, 0.29) is 6.71 Å². The maximum absolute atomic E-state index is 2.42. The van der Waals surface area contributed by atoms with Crippen LogP contribution in [0.25, 0.3) is 0 Å². The molecular formula is C30H25BN2. The van der Waals surface area contributed by atoms with Gasteiger partial charge in [0.1, 0.15) is 0 Å². The first-order valence-electron chi connectivity index (χ1n) is 11.6. The SMILES string of the molecule is C/C=C\C(=C/C)N1c2ccccc2B2c3ccccc3N(c3ccccc3)c3cccc1c32. The van der Waals surface area contributed by atoms with Crippen molar-refractivity contribution in [2.45, 2.75) is 13.8 Å². The summed E-state index contributed by atoms with van der Waals surface area (Å²) in [7, 11) is 0. The molecule has 4 aromatic rings. The topological polar surface area (TPSA) is 6.48 Å². The number of nitrogens with zero attached hydrogens (tertiary/aromatic N) is 2. The van der Waals surface area contributed by atoms with Crippen LogP contribution >= 0.6 is 0 Å². The molecule has 0 amide bonds. The molecule has 0 spiro atoms. The molecular weight excluding hydrogens is 399 g/mol. The van der Waals surface area contributed by atoms with Crippen molar-refractivity contribution in [3.8, 4) is 0 Å². The zero-order chi connectivity index (χ0) is 22.4. The Labute approximate surface area is 196 Å². The normalized spacial score (nSPS) is 14.2. The van der Waals surface area contributed by atoms with Crippen LogP contribution in [0.4, 0.5) is 28.4 Å². The number of rotatable bonds is 3. The summed E-state index contributed by atoms with van der Waals surface area (Å²) in [4.78, 5) is 4.84. The number of allylic oxidation sites excluding steroid dienone is 3. The average molecular weight is 424 g/mol. The molecule has 2 aliphatic rings. The Morgan fingerprint density at radius 1 is 0.636 bits per heavy atom. The van der Waals surface area contributed by atoms with E-state index in [2.05, 4.69) is 139 Å². The van der Waals surface area contributed by atoms with Gasteiger partial charge in [-0.25, -0.2) is 0 Å². The number of benzene rings is 4. The fraction of sp³-hybridized carbons (Fsp3) is 0.0667. The molecule has 33 heavy (non-hydrogen) atoms. The lowest BCUT2D eigenvalue weighted by molar-refractivity contribution is 1.19. The highest BCUT2D eigenvalue weighted by Gasteiger charge is 2.42. The molecule has 0 radical (unpaired) electrons. The third-order valence-electron chi connectivity index (χ3n) is 6.71. The number of para-hydroxylation sites is 3. The van der Waals surface area contributed by atoms with Gasteiger partial charge in [-0.3, -0.25) is 0 Å². The molecule has 0 atom stereocenters. The molecule has 6 rings (SSSR count). The zero-order valence-corrected chi connectivity index (χ0v) is 18.9. The van der Waals surface area contributed by atoms with Gasteiger partial charge >= 0.3 is 0 Å². The summed E-state index contributed by atoms with van der Waals surface area (Å²) in [6, 6.07) is 35.2. The van der Waals surface area contributed by atoms with Gasteiger partial charge in [-0.15, -0.1) is 0 Å². The van der Waals surface area contributed by atoms with Crippen molar-refractivity contribution in [1.82, 2.24) is 0 Å². The highest BCUT2D eigenvalue weighted by molar-refractivity contribution is 7.00. The minimum Gasteiger partial charge on any atom is -0.312 e. The van der Waals surface area contributed by atoms with Gasteiger partial charge in [-0.05, 0) is 72.7 Å². The third-order valence-corrected chi connectivity index (χ3v) is 6.71. The first-order chi connectivity index (χ1) is 16.3. The Bertz CT molecular complexity index is 1400. The van der Waals surface area contributed by atoms with Gasteiger partial charge in [-0.1, -0.05) is 72.8 Å². The predicted octanol–water partition coefficient (Wildman–Crippen LogP) is 5.92. The van der Waals surface area contributed by atoms with Gasteiger partial charge in [-0.2, -0.15) is 0 Å². The smallest absolute Gasteiger partial charge is 0.252 e. The average Bonchev–Trinajstić information content (AvgIpc) is 2.88. The van der Waals surface area contributed by atoms with E-state index in [9.17, 15) is 0 Å². The lowest BCUT2D eigenvalue weighted by Gasteiger charge is -2.44. The minimum atomic E-state index is 0.198. The van der Waals surface area contributed by atoms with Crippen LogP contribution in [0.3, 0.4) is 0 Å². The van der Waals surface area contributed by atoms with E-state index in [1.54, 1.807) is 0 Å². The van der Waals surface area contributed by atoms with Crippen LogP contribution in [0.5, 0.6) is 0 Å². The van der Waals surface area contributed by atoms with Crippen molar-refractivity contribution in [3.63, 3.8) is 0 Å². The highest BCUT2D eigenvalue weighted by atomic mass is 15.2. The first-order valence-corrected chi connectivity index (χ1v) is 11.6. The van der Waals surface area contributed by atoms with E-state index in [4.69, 9.17) is 0 Å². The molecule has 0 fully saturated rings. The van der Waals surface area contributed by atoms with E-state index < -0.39 is 0 Å². The molecule has 0 unspecified atom stereocenters. The van der Waals surface area contributed by atoms with Crippen LogP contribution < -0.4 is 26.2 Å². The van der Waals surface area contributed by atoms with Crippen molar-refractivity contribution >= 4 is 51.5 Å². The summed E-state index contributed by atoms with van der Waals surface area (Å²) in [6.45, 7) is 4.39. The van der Waals surface area contributed by atoms with E-state index in [1.165, 1.54) is 50.5 Å². The monoisotopic (exact) mass is 424 g/mol. The van der Waals surface area contributed by atoms with Gasteiger partial charge in [0.15, 0.2) is 0 Å². The summed E-state index contributed by atoms with van der Waals surface area (Å²) >= 11 is 0. The van der Waals surface area contributed by atoms with Crippen LogP contribution in [0.2, 0.25) is 0 Å². The van der Waals surface area contributed by atoms with E-state index in [1.807, 2.05) is 0 Å². The molecule has 2 nitrogen and oxygen atoms in total. The number of hydrogen-bond acceptors (Lipinski definition) is 2. The first kappa shape index (κ1) is 19.7. The van der Waals surface area contributed by atoms with Gasteiger partial charge < -0.3 is 9.80 Å². The van der Waals surface area contributed by atoms with Crippen molar-refractivity contribution in [3.05, 3.63) is 121 Å². The lowest BCUT2D eigenvalue weighted by atomic mass is 9.33. The van der Waals surface area contributed by atoms with Crippen LogP contribution in [0, 0.1) is 0 Å². The molecule has 0 saturated heterocycles. The molecule has 4 aromatic carbocycles. The van der Waals surface area contributed by atoms with Gasteiger partial charge in [0.25, 0.3) is 6.71 Å². The van der Waals surface area contributed by atoms with Crippen LogP contribution in [-0.2, 0) is 0 Å². The van der Waals surface area contributed by atoms with Crippen molar-refractivity contribution in [2.75, 3.05) is 9.80 Å². The van der Waals surface area contributed by atoms with Gasteiger partial charge in [0.05, 0.1) is 0 Å². The Morgan fingerprint density at radius 2 is 1.24 bits per heavy atom. The van der Waals surface area contributed by atoms with Crippen molar-refractivity contribution in [2.24, 2.45) is 0 Å². The van der Waals surface area contributed by atoms with Crippen molar-refractivity contribution in [1.29, 1.82) is 0 Å². The number of anilines is 5. The second kappa shape index (κ2) is 7.86. The number of fused-ring (bicyclic) bond motifs is 4. The number of hydrogen-bond donors (Lipinski definition) is 0. The molecule has 2 aliphatic heterocycles. The predicted molar refractivity (Wildman–Crippen MR) is 143 cm³/mol. The molecule has 0 aromatic heterocycles. The molecule has 0 N–H and O–H groups in total. The molecule has 2 heterocycles. The maximum atomic E-state index is 2.42. The Hall–Kier alpha value is -3.98. The molecule has 0 saturated carbocycles. The summed E-state index contributed by atoms with van der Waals surface area (Å²) in [5.74, 6) is 0. The quantitative estimate of drug-likeness (QED) is 0.262. The maximum Gasteiger partial charge on any atom is 0.252 e. The van der Waals surface area contributed by atoms with Crippen molar-refractivity contribution < 1.29 is 0 Å². The van der Waals surface area contributed by atoms with Gasteiger partial charge in [0.2, 0.25) is 0 Å². The summed E-state index contributed by atoms with van der Waals surface area (Å²) in [5.41, 5.74) is 11.4. The second-order valence-electron chi connectivity index (χ2n) is 8.48. The fourth-order valence-corrected chi connectivity index (χ4v) is 5.44. The molecule has 158 valence electrons. The summed E-state index contributed by atoms with van der Waals surface area (Å²) < 4.78 is 0. The Morgan fingerprint density at radius 3 is 1.97 bits per heavy atom. The summed E-state index contributed by atoms with van der Waals surface area (Å²) in [6.07, 6.45) is 6.51. The Kier molecular flexibility index (Phi) is 4.69. The van der Waals surface area contributed by atoms with Crippen LogP contribution in [-0.4, -0.2) is 6.71 Å². The van der Waals surface area contributed by atoms with Crippen LogP contribution in [0.15, 0.2) is 121 Å². The van der Waals surface area contributed by atoms with E-state index in [0.717, 1.165) is 0 Å². The second-order valence-corrected chi connectivity index (χ2v) is 8.48. The largest absolute Gasteiger partial charge is 0.312 e. The molecule has 3 heteroatoms. The van der Waals surface area contributed by atoms with E-state index in [0.29, 0.717) is 0 Å². The van der Waals surface area contributed by atoms with E-state index >= 15 is 0 Å².